The van der Waals surface area contributed by atoms with Crippen LogP contribution in [0.4, 0.5) is 4.39 Å². The molecule has 20 heavy (non-hydrogen) atoms. The summed E-state index contributed by atoms with van der Waals surface area (Å²) in [5, 5.41) is 12.2. The van der Waals surface area contributed by atoms with Gasteiger partial charge in [0.25, 0.3) is 0 Å². The van der Waals surface area contributed by atoms with Gasteiger partial charge in [0, 0.05) is 18.2 Å². The number of aryl methyl sites for hydroxylation is 1. The number of benzene rings is 2. The molecular weight excluding hydrogens is 251 g/mol. The molecule has 0 aliphatic heterocycles. The number of nitrogens with one attached hydrogen (secondary N) is 1. The first-order chi connectivity index (χ1) is 9.61. The Morgan fingerprint density at radius 3 is 2.70 bits per heavy atom. The molecule has 0 fully saturated rings. The molecule has 0 aromatic heterocycles. The van der Waals surface area contributed by atoms with Gasteiger partial charge in [-0.1, -0.05) is 24.3 Å². The third-order valence-corrected chi connectivity index (χ3v) is 3.43. The number of halogens is 1. The molecule has 0 saturated heterocycles. The molecule has 0 aliphatic carbocycles. The van der Waals surface area contributed by atoms with Crippen molar-refractivity contribution < 1.29 is 4.39 Å². The number of nitrogens with zero attached hydrogens (tertiary/aromatic N) is 1. The molecule has 1 atom stereocenters. The molecule has 2 aromatic carbocycles. The molecule has 0 bridgehead atoms. The van der Waals surface area contributed by atoms with Crippen LogP contribution in [0.25, 0.3) is 0 Å². The third kappa shape index (κ3) is 3.23. The second-order valence-corrected chi connectivity index (χ2v) is 4.88. The van der Waals surface area contributed by atoms with E-state index in [0.29, 0.717) is 17.7 Å². The molecule has 2 nitrogen and oxygen atoms in total. The Hall–Kier alpha value is -2.18. The highest BCUT2D eigenvalue weighted by molar-refractivity contribution is 5.34. The zero-order valence-corrected chi connectivity index (χ0v) is 11.7. The van der Waals surface area contributed by atoms with Crippen molar-refractivity contribution in [1.82, 2.24) is 5.32 Å². The second kappa shape index (κ2) is 6.31. The van der Waals surface area contributed by atoms with Crippen LogP contribution >= 0.6 is 0 Å². The number of hydrogen-bond donors (Lipinski definition) is 1. The summed E-state index contributed by atoms with van der Waals surface area (Å²) in [5.74, 6) is -0.284. The summed E-state index contributed by atoms with van der Waals surface area (Å²) in [6.07, 6.45) is 0. The van der Waals surface area contributed by atoms with Gasteiger partial charge in [-0.25, -0.2) is 4.39 Å². The fourth-order valence-electron chi connectivity index (χ4n) is 2.23. The minimum absolute atomic E-state index is 0.126. The molecule has 102 valence electrons. The van der Waals surface area contributed by atoms with E-state index >= 15 is 0 Å². The van der Waals surface area contributed by atoms with Crippen molar-refractivity contribution in [3.05, 3.63) is 70.5 Å². The van der Waals surface area contributed by atoms with Crippen molar-refractivity contribution in [2.75, 3.05) is 0 Å². The Morgan fingerprint density at radius 2 is 2.00 bits per heavy atom. The van der Waals surface area contributed by atoms with Gasteiger partial charge >= 0.3 is 0 Å². The molecule has 1 unspecified atom stereocenters. The van der Waals surface area contributed by atoms with Crippen LogP contribution in [0.15, 0.2) is 42.5 Å². The number of hydrogen-bond acceptors (Lipinski definition) is 2. The van der Waals surface area contributed by atoms with Gasteiger partial charge < -0.3 is 5.32 Å². The molecule has 3 heteroatoms. The van der Waals surface area contributed by atoms with Gasteiger partial charge in [0.2, 0.25) is 0 Å². The minimum atomic E-state index is -0.284. The second-order valence-electron chi connectivity index (χ2n) is 4.88. The van der Waals surface area contributed by atoms with Gasteiger partial charge in [-0.2, -0.15) is 5.26 Å². The summed E-state index contributed by atoms with van der Waals surface area (Å²) in [6, 6.07) is 14.7. The summed E-state index contributed by atoms with van der Waals surface area (Å²) < 4.78 is 13.7. The zero-order chi connectivity index (χ0) is 14.5. The summed E-state index contributed by atoms with van der Waals surface area (Å²) >= 11 is 0. The summed E-state index contributed by atoms with van der Waals surface area (Å²) in [6.45, 7) is 4.51. The Bertz CT molecular complexity index is 644. The highest BCUT2D eigenvalue weighted by Crippen LogP contribution is 2.18. The van der Waals surface area contributed by atoms with Gasteiger partial charge in [0.05, 0.1) is 11.6 Å². The van der Waals surface area contributed by atoms with Crippen LogP contribution < -0.4 is 5.32 Å². The van der Waals surface area contributed by atoms with Crippen LogP contribution in [0.3, 0.4) is 0 Å². The molecule has 0 saturated carbocycles. The Balaban J connectivity index is 2.09. The quantitative estimate of drug-likeness (QED) is 0.914. The fraction of sp³-hybridized carbons (Fsp3) is 0.235. The molecule has 1 N–H and O–H groups in total. The van der Waals surface area contributed by atoms with Crippen LogP contribution in [-0.4, -0.2) is 0 Å². The third-order valence-electron chi connectivity index (χ3n) is 3.43. The standard InChI is InChI=1S/C17H17FN2/c1-12-5-3-4-6-16(12)13(2)20-11-15-9-14(10-19)7-8-17(15)18/h3-9,13,20H,11H2,1-2H3. The van der Waals surface area contributed by atoms with Crippen LogP contribution in [0, 0.1) is 24.1 Å². The summed E-state index contributed by atoms with van der Waals surface area (Å²) in [4.78, 5) is 0. The van der Waals surface area contributed by atoms with Crippen molar-refractivity contribution >= 4 is 0 Å². The normalized spacial score (nSPS) is 11.9. The Morgan fingerprint density at radius 1 is 1.25 bits per heavy atom. The summed E-state index contributed by atoms with van der Waals surface area (Å²) in [5.41, 5.74) is 3.40. The van der Waals surface area contributed by atoms with Crippen LogP contribution in [0.5, 0.6) is 0 Å². The van der Waals surface area contributed by atoms with Crippen molar-refractivity contribution in [1.29, 1.82) is 5.26 Å². The van der Waals surface area contributed by atoms with E-state index < -0.39 is 0 Å². The van der Waals surface area contributed by atoms with E-state index in [9.17, 15) is 4.39 Å². The SMILES string of the molecule is Cc1ccccc1C(C)NCc1cc(C#N)ccc1F. The lowest BCUT2D eigenvalue weighted by molar-refractivity contribution is 0.542. The smallest absolute Gasteiger partial charge is 0.127 e. The predicted molar refractivity (Wildman–Crippen MR) is 77.5 cm³/mol. The lowest BCUT2D eigenvalue weighted by Gasteiger charge is -2.17. The molecule has 0 heterocycles. The average molecular weight is 268 g/mol. The van der Waals surface area contributed by atoms with Crippen molar-refractivity contribution in [2.45, 2.75) is 26.4 Å². The molecule has 0 aliphatic rings. The highest BCUT2D eigenvalue weighted by Gasteiger charge is 2.09. The first kappa shape index (κ1) is 14.2. The topological polar surface area (TPSA) is 35.8 Å². The van der Waals surface area contributed by atoms with Gasteiger partial charge in [-0.3, -0.25) is 0 Å². The minimum Gasteiger partial charge on any atom is -0.306 e. The molecule has 0 radical (unpaired) electrons. The lowest BCUT2D eigenvalue weighted by atomic mass is 10.0. The molecule has 2 aromatic rings. The number of nitriles is 1. The predicted octanol–water partition coefficient (Wildman–Crippen LogP) is 3.86. The van der Waals surface area contributed by atoms with Gasteiger partial charge in [0.15, 0.2) is 0 Å². The van der Waals surface area contributed by atoms with E-state index in [4.69, 9.17) is 5.26 Å². The molecule has 0 spiro atoms. The van der Waals surface area contributed by atoms with Gasteiger partial charge in [-0.05, 0) is 43.2 Å². The van der Waals surface area contributed by atoms with E-state index in [1.54, 1.807) is 6.07 Å². The highest BCUT2D eigenvalue weighted by atomic mass is 19.1. The van der Waals surface area contributed by atoms with E-state index in [0.717, 1.165) is 0 Å². The monoisotopic (exact) mass is 268 g/mol. The van der Waals surface area contributed by atoms with Gasteiger partial charge in [0.1, 0.15) is 5.82 Å². The maximum atomic E-state index is 13.7. The maximum Gasteiger partial charge on any atom is 0.127 e. The molecule has 0 amide bonds. The largest absolute Gasteiger partial charge is 0.306 e. The average Bonchev–Trinajstić information content (AvgIpc) is 2.46. The van der Waals surface area contributed by atoms with Crippen LogP contribution in [0.1, 0.15) is 35.2 Å². The van der Waals surface area contributed by atoms with Crippen molar-refractivity contribution in [2.24, 2.45) is 0 Å². The van der Waals surface area contributed by atoms with Gasteiger partial charge in [-0.15, -0.1) is 0 Å². The Labute approximate surface area is 118 Å². The van der Waals surface area contributed by atoms with Crippen LogP contribution in [-0.2, 0) is 6.54 Å². The first-order valence-electron chi connectivity index (χ1n) is 6.59. The summed E-state index contributed by atoms with van der Waals surface area (Å²) in [7, 11) is 0. The lowest BCUT2D eigenvalue weighted by Crippen LogP contribution is -2.19. The van der Waals surface area contributed by atoms with E-state index in [1.807, 2.05) is 25.1 Å². The molecular formula is C17H17FN2. The first-order valence-corrected chi connectivity index (χ1v) is 6.59. The fourth-order valence-corrected chi connectivity index (χ4v) is 2.23. The van der Waals surface area contributed by atoms with E-state index in [2.05, 4.69) is 24.4 Å². The zero-order valence-electron chi connectivity index (χ0n) is 11.7. The van der Waals surface area contributed by atoms with Crippen LogP contribution in [0.2, 0.25) is 0 Å². The van der Waals surface area contributed by atoms with Crippen molar-refractivity contribution in [3.63, 3.8) is 0 Å². The van der Waals surface area contributed by atoms with E-state index in [-0.39, 0.29) is 11.9 Å². The number of rotatable bonds is 4. The van der Waals surface area contributed by atoms with E-state index in [1.165, 1.54) is 23.3 Å². The molecule has 2 rings (SSSR count). The van der Waals surface area contributed by atoms with Crippen molar-refractivity contribution in [3.8, 4) is 6.07 Å². The maximum absolute atomic E-state index is 13.7. The Kier molecular flexibility index (Phi) is 4.49.